The maximum Gasteiger partial charge on any atom is 0.321 e. The first-order chi connectivity index (χ1) is 14.9. The minimum absolute atomic E-state index is 0.0741. The van der Waals surface area contributed by atoms with E-state index in [9.17, 15) is 9.59 Å². The summed E-state index contributed by atoms with van der Waals surface area (Å²) in [6, 6.07) is 4.34. The lowest BCUT2D eigenvalue weighted by Gasteiger charge is -2.41. The smallest absolute Gasteiger partial charge is 0.321 e. The molecule has 0 saturated carbocycles. The quantitative estimate of drug-likeness (QED) is 0.763. The molecule has 3 amide bonds. The molecule has 0 unspecified atom stereocenters. The van der Waals surface area contributed by atoms with Gasteiger partial charge in [-0.1, -0.05) is 6.07 Å². The number of thiophene rings is 1. The van der Waals surface area contributed by atoms with Gasteiger partial charge in [-0.25, -0.2) is 4.79 Å². The molecular formula is C22H30N6O2S. The lowest BCUT2D eigenvalue weighted by atomic mass is 10.0. The van der Waals surface area contributed by atoms with E-state index < -0.39 is 5.54 Å². The number of hydrogen-bond donors (Lipinski definition) is 2. The van der Waals surface area contributed by atoms with Crippen molar-refractivity contribution >= 4 is 29.1 Å². The third kappa shape index (κ3) is 3.63. The zero-order valence-electron chi connectivity index (χ0n) is 18.2. The normalized spacial score (nSPS) is 21.5. The Labute approximate surface area is 186 Å². The molecule has 2 aromatic heterocycles. The summed E-state index contributed by atoms with van der Waals surface area (Å²) in [6.07, 6.45) is 4.71. The highest BCUT2D eigenvalue weighted by Gasteiger charge is 2.45. The second-order valence-corrected chi connectivity index (χ2v) is 10.2. The van der Waals surface area contributed by atoms with Gasteiger partial charge in [-0.05, 0) is 64.1 Å². The van der Waals surface area contributed by atoms with Crippen molar-refractivity contribution in [2.75, 3.05) is 31.5 Å². The number of H-pyrrole nitrogens is 1. The summed E-state index contributed by atoms with van der Waals surface area (Å²) >= 11 is 1.39. The third-order valence-corrected chi connectivity index (χ3v) is 7.94. The molecular weight excluding hydrogens is 412 g/mol. The Morgan fingerprint density at radius 1 is 1.19 bits per heavy atom. The molecule has 0 bridgehead atoms. The number of nitrogens with zero attached hydrogens (tertiary/aromatic N) is 4. The van der Waals surface area contributed by atoms with E-state index >= 15 is 0 Å². The number of aromatic nitrogens is 2. The van der Waals surface area contributed by atoms with E-state index in [1.807, 2.05) is 35.1 Å². The van der Waals surface area contributed by atoms with Crippen molar-refractivity contribution in [3.8, 4) is 0 Å². The van der Waals surface area contributed by atoms with Crippen LogP contribution in [0.4, 0.5) is 10.6 Å². The number of anilines is 1. The Morgan fingerprint density at radius 3 is 2.61 bits per heavy atom. The van der Waals surface area contributed by atoms with Gasteiger partial charge in [0.1, 0.15) is 0 Å². The Kier molecular flexibility index (Phi) is 5.26. The molecule has 3 aliphatic rings. The van der Waals surface area contributed by atoms with Crippen LogP contribution < -0.4 is 5.32 Å². The average Bonchev–Trinajstić information content (AvgIpc) is 3.55. The third-order valence-electron chi connectivity index (χ3n) is 7.07. The Morgan fingerprint density at radius 2 is 1.94 bits per heavy atom. The lowest BCUT2D eigenvalue weighted by molar-refractivity contribution is 0.0833. The van der Waals surface area contributed by atoms with Crippen molar-refractivity contribution in [3.63, 3.8) is 0 Å². The summed E-state index contributed by atoms with van der Waals surface area (Å²) < 4.78 is 0. The number of aromatic amines is 1. The fourth-order valence-corrected chi connectivity index (χ4v) is 5.82. The molecule has 2 aromatic rings. The van der Waals surface area contributed by atoms with Crippen LogP contribution in [-0.4, -0.2) is 69.1 Å². The number of carbonyl (C=O) groups excluding carboxylic acids is 2. The van der Waals surface area contributed by atoms with E-state index in [1.54, 1.807) is 6.07 Å². The molecule has 2 saturated heterocycles. The van der Waals surface area contributed by atoms with Gasteiger partial charge in [0.05, 0.1) is 22.7 Å². The predicted octanol–water partition coefficient (Wildman–Crippen LogP) is 3.45. The van der Waals surface area contributed by atoms with Crippen molar-refractivity contribution < 1.29 is 9.59 Å². The monoisotopic (exact) mass is 442 g/mol. The molecule has 0 aromatic carbocycles. The second kappa shape index (κ2) is 7.94. The van der Waals surface area contributed by atoms with E-state index in [0.717, 1.165) is 37.2 Å². The number of piperidine rings is 1. The molecule has 5 rings (SSSR count). The fourth-order valence-electron chi connectivity index (χ4n) is 5.20. The van der Waals surface area contributed by atoms with Crippen LogP contribution in [0.25, 0.3) is 0 Å². The van der Waals surface area contributed by atoms with Gasteiger partial charge in [-0.15, -0.1) is 11.3 Å². The number of fused-ring (bicyclic) bond motifs is 1. The second-order valence-electron chi connectivity index (χ2n) is 9.25. The summed E-state index contributed by atoms with van der Waals surface area (Å²) in [5.41, 5.74) is 1.29. The topological polar surface area (TPSA) is 84.6 Å². The number of rotatable bonds is 3. The number of likely N-dealkylation sites (tertiary alicyclic amines) is 2. The Balaban J connectivity index is 1.26. The highest BCUT2D eigenvalue weighted by Crippen LogP contribution is 2.41. The van der Waals surface area contributed by atoms with Crippen molar-refractivity contribution in [3.05, 3.63) is 33.6 Å². The molecule has 0 atom stereocenters. The maximum atomic E-state index is 13.4. The Hall–Kier alpha value is -2.39. The molecule has 2 fully saturated rings. The van der Waals surface area contributed by atoms with Crippen LogP contribution in [0, 0.1) is 0 Å². The number of nitrogens with one attached hydrogen (secondary N) is 2. The first-order valence-electron chi connectivity index (χ1n) is 11.2. The number of amides is 3. The summed E-state index contributed by atoms with van der Waals surface area (Å²) in [7, 11) is 0. The van der Waals surface area contributed by atoms with Gasteiger partial charge in [0.2, 0.25) is 0 Å². The van der Waals surface area contributed by atoms with Crippen molar-refractivity contribution in [1.82, 2.24) is 24.9 Å². The molecule has 0 radical (unpaired) electrons. The van der Waals surface area contributed by atoms with Crippen LogP contribution in [-0.2, 0) is 12.1 Å². The van der Waals surface area contributed by atoms with Gasteiger partial charge < -0.3 is 20.0 Å². The zero-order chi connectivity index (χ0) is 21.6. The van der Waals surface area contributed by atoms with Gasteiger partial charge in [0, 0.05) is 24.7 Å². The van der Waals surface area contributed by atoms with Crippen LogP contribution in [0.2, 0.25) is 0 Å². The highest BCUT2D eigenvalue weighted by atomic mass is 32.1. The molecule has 9 heteroatoms. The molecule has 166 valence electrons. The standard InChI is InChI=1S/C22H30N6O2S/c1-22(2)18-16(19(25-24-18)23-20(29)17-6-5-13-31-17)14-28(22)21(30)27-11-7-15(8-12-27)26-9-3-4-10-26/h5-6,13,15H,3-4,7-12,14H2,1-2H3,(H2,23,24,25,29). The van der Waals surface area contributed by atoms with Crippen LogP contribution >= 0.6 is 11.3 Å². The largest absolute Gasteiger partial charge is 0.325 e. The molecule has 3 aliphatic heterocycles. The van der Waals surface area contributed by atoms with Crippen LogP contribution in [0.5, 0.6) is 0 Å². The van der Waals surface area contributed by atoms with E-state index in [1.165, 1.54) is 37.3 Å². The molecule has 2 N–H and O–H groups in total. The SMILES string of the molecule is CC1(C)c2[nH]nc(NC(=O)c3cccs3)c2CN1C(=O)N1CCC(N2CCCC2)CC1. The van der Waals surface area contributed by atoms with E-state index in [-0.39, 0.29) is 11.9 Å². The van der Waals surface area contributed by atoms with Gasteiger partial charge in [0.25, 0.3) is 5.91 Å². The first-order valence-corrected chi connectivity index (χ1v) is 12.1. The minimum Gasteiger partial charge on any atom is -0.325 e. The number of hydrogen-bond acceptors (Lipinski definition) is 5. The van der Waals surface area contributed by atoms with Crippen LogP contribution in [0.1, 0.15) is 60.5 Å². The average molecular weight is 443 g/mol. The number of urea groups is 1. The summed E-state index contributed by atoms with van der Waals surface area (Å²) in [5.74, 6) is 0.348. The lowest BCUT2D eigenvalue weighted by Crippen LogP contribution is -2.52. The van der Waals surface area contributed by atoms with Crippen molar-refractivity contribution in [2.24, 2.45) is 0 Å². The van der Waals surface area contributed by atoms with Gasteiger partial charge in [-0.3, -0.25) is 9.89 Å². The molecule has 0 aliphatic carbocycles. The fraction of sp³-hybridized carbons (Fsp3) is 0.591. The molecule has 8 nitrogen and oxygen atoms in total. The van der Waals surface area contributed by atoms with Gasteiger partial charge in [0.15, 0.2) is 5.82 Å². The number of carbonyl (C=O) groups is 2. The molecule has 5 heterocycles. The van der Waals surface area contributed by atoms with E-state index in [2.05, 4.69) is 20.4 Å². The first kappa shape index (κ1) is 20.5. The highest BCUT2D eigenvalue weighted by molar-refractivity contribution is 7.12. The summed E-state index contributed by atoms with van der Waals surface area (Å²) in [6.45, 7) is 8.55. The van der Waals surface area contributed by atoms with Crippen LogP contribution in [0.3, 0.4) is 0 Å². The van der Waals surface area contributed by atoms with Crippen molar-refractivity contribution in [1.29, 1.82) is 0 Å². The molecule has 31 heavy (non-hydrogen) atoms. The maximum absolute atomic E-state index is 13.4. The van der Waals surface area contributed by atoms with Gasteiger partial charge >= 0.3 is 6.03 Å². The van der Waals surface area contributed by atoms with E-state index in [4.69, 9.17) is 0 Å². The summed E-state index contributed by atoms with van der Waals surface area (Å²) in [4.78, 5) is 33.1. The Bertz CT molecular complexity index is 955. The minimum atomic E-state index is -0.503. The molecule has 0 spiro atoms. The summed E-state index contributed by atoms with van der Waals surface area (Å²) in [5, 5.41) is 12.2. The van der Waals surface area contributed by atoms with Crippen LogP contribution in [0.15, 0.2) is 17.5 Å². The van der Waals surface area contributed by atoms with Crippen molar-refractivity contribution in [2.45, 2.75) is 57.7 Å². The zero-order valence-corrected chi connectivity index (χ0v) is 19.0. The van der Waals surface area contributed by atoms with Gasteiger partial charge in [-0.2, -0.15) is 5.10 Å². The predicted molar refractivity (Wildman–Crippen MR) is 120 cm³/mol. The van der Waals surface area contributed by atoms with E-state index in [0.29, 0.717) is 23.3 Å².